The lowest BCUT2D eigenvalue weighted by Crippen LogP contribution is -2.20. The maximum absolute atomic E-state index is 2.44. The molecule has 0 saturated carbocycles. The first-order chi connectivity index (χ1) is 13.1. The van der Waals surface area contributed by atoms with E-state index in [4.69, 9.17) is 0 Å². The number of hydrogen-bond donors (Lipinski definition) is 0. The first-order valence-electron chi connectivity index (χ1n) is 9.97. The van der Waals surface area contributed by atoms with Gasteiger partial charge in [-0.1, -0.05) is 83.6 Å². The van der Waals surface area contributed by atoms with Crippen molar-refractivity contribution in [2.75, 3.05) is 4.90 Å². The summed E-state index contributed by atoms with van der Waals surface area (Å²) in [5, 5.41) is 0. The highest BCUT2D eigenvalue weighted by Gasteiger charge is 2.27. The van der Waals surface area contributed by atoms with Gasteiger partial charge in [0.2, 0.25) is 0 Å². The Labute approximate surface area is 173 Å². The molecule has 0 atom stereocenters. The van der Waals surface area contributed by atoms with Gasteiger partial charge in [-0.05, 0) is 58.4 Å². The van der Waals surface area contributed by atoms with Gasteiger partial charge in [-0.3, -0.25) is 0 Å². The van der Waals surface area contributed by atoms with Crippen LogP contribution >= 0.6 is 11.8 Å². The standard InChI is InChI=1S/C26H29NS/c1-25(2,3)18-15-19(26(4,5)6)17-20(16-18)27-21-11-7-9-13-23(21)28-24-14-10-8-12-22(24)27/h7-17H,1-6H3. The topological polar surface area (TPSA) is 3.24 Å². The van der Waals surface area contributed by atoms with Crippen LogP contribution in [0.2, 0.25) is 0 Å². The van der Waals surface area contributed by atoms with E-state index in [9.17, 15) is 0 Å². The van der Waals surface area contributed by atoms with Crippen molar-refractivity contribution in [2.24, 2.45) is 0 Å². The fourth-order valence-corrected chi connectivity index (χ4v) is 4.65. The molecule has 0 aromatic heterocycles. The number of nitrogens with zero attached hydrogens (tertiary/aromatic N) is 1. The van der Waals surface area contributed by atoms with Crippen LogP contribution in [0, 0.1) is 0 Å². The molecule has 3 aromatic rings. The van der Waals surface area contributed by atoms with Crippen LogP contribution in [-0.4, -0.2) is 0 Å². The zero-order valence-corrected chi connectivity index (χ0v) is 18.5. The lowest BCUT2D eigenvalue weighted by Gasteiger charge is -2.35. The smallest absolute Gasteiger partial charge is 0.0601 e. The quantitative estimate of drug-likeness (QED) is 0.324. The zero-order chi connectivity index (χ0) is 20.1. The van der Waals surface area contributed by atoms with E-state index in [1.165, 1.54) is 38.0 Å². The van der Waals surface area contributed by atoms with E-state index in [-0.39, 0.29) is 10.8 Å². The zero-order valence-electron chi connectivity index (χ0n) is 17.7. The Morgan fingerprint density at radius 2 is 1.04 bits per heavy atom. The minimum Gasteiger partial charge on any atom is -0.308 e. The van der Waals surface area contributed by atoms with E-state index < -0.39 is 0 Å². The van der Waals surface area contributed by atoms with Gasteiger partial charge in [-0.25, -0.2) is 0 Å². The van der Waals surface area contributed by atoms with Crippen molar-refractivity contribution in [2.45, 2.75) is 62.2 Å². The first-order valence-corrected chi connectivity index (χ1v) is 10.8. The fourth-order valence-electron chi connectivity index (χ4n) is 3.59. The minimum atomic E-state index is 0.0968. The van der Waals surface area contributed by atoms with Gasteiger partial charge < -0.3 is 4.90 Å². The van der Waals surface area contributed by atoms with Gasteiger partial charge in [0.15, 0.2) is 0 Å². The molecular formula is C26H29NS. The van der Waals surface area contributed by atoms with E-state index >= 15 is 0 Å². The van der Waals surface area contributed by atoms with Crippen LogP contribution < -0.4 is 4.90 Å². The lowest BCUT2D eigenvalue weighted by molar-refractivity contribution is 0.568. The third kappa shape index (κ3) is 3.46. The Balaban J connectivity index is 1.99. The van der Waals surface area contributed by atoms with E-state index in [1.807, 2.05) is 11.8 Å². The second-order valence-corrected chi connectivity index (χ2v) is 10.7. The number of fused-ring (bicyclic) bond motifs is 2. The molecule has 0 aliphatic carbocycles. The predicted molar refractivity (Wildman–Crippen MR) is 123 cm³/mol. The highest BCUT2D eigenvalue weighted by molar-refractivity contribution is 7.99. The molecule has 0 unspecified atom stereocenters. The molecule has 0 amide bonds. The Morgan fingerprint density at radius 3 is 1.46 bits per heavy atom. The second kappa shape index (κ2) is 6.70. The maximum atomic E-state index is 2.44. The van der Waals surface area contributed by atoms with Gasteiger partial charge >= 0.3 is 0 Å². The van der Waals surface area contributed by atoms with Gasteiger partial charge in [0, 0.05) is 15.5 Å². The molecule has 1 aliphatic rings. The Morgan fingerprint density at radius 1 is 0.607 bits per heavy atom. The van der Waals surface area contributed by atoms with Crippen molar-refractivity contribution < 1.29 is 0 Å². The Kier molecular flexibility index (Phi) is 4.58. The average molecular weight is 388 g/mol. The Bertz CT molecular complexity index is 943. The largest absolute Gasteiger partial charge is 0.308 e. The number of para-hydroxylation sites is 2. The van der Waals surface area contributed by atoms with Gasteiger partial charge in [-0.15, -0.1) is 0 Å². The van der Waals surface area contributed by atoms with Crippen molar-refractivity contribution in [3.8, 4) is 0 Å². The molecule has 1 heterocycles. The molecule has 0 N–H and O–H groups in total. The summed E-state index contributed by atoms with van der Waals surface area (Å²) in [7, 11) is 0. The molecule has 0 fully saturated rings. The van der Waals surface area contributed by atoms with Crippen molar-refractivity contribution in [1.82, 2.24) is 0 Å². The molecule has 2 heteroatoms. The SMILES string of the molecule is CC(C)(C)c1cc(N2c3ccccc3Sc3ccccc32)cc(C(C)(C)C)c1. The first kappa shape index (κ1) is 19.1. The second-order valence-electron chi connectivity index (χ2n) is 9.64. The number of hydrogen-bond acceptors (Lipinski definition) is 2. The maximum Gasteiger partial charge on any atom is 0.0601 e. The fraction of sp³-hybridized carbons (Fsp3) is 0.308. The van der Waals surface area contributed by atoms with E-state index in [1.54, 1.807) is 0 Å². The van der Waals surface area contributed by atoms with Gasteiger partial charge in [0.05, 0.1) is 11.4 Å². The number of benzene rings is 3. The highest BCUT2D eigenvalue weighted by atomic mass is 32.2. The third-order valence-electron chi connectivity index (χ3n) is 5.34. The van der Waals surface area contributed by atoms with Gasteiger partial charge in [0.25, 0.3) is 0 Å². The van der Waals surface area contributed by atoms with E-state index in [0.717, 1.165) is 0 Å². The van der Waals surface area contributed by atoms with Crippen LogP contribution in [-0.2, 0) is 10.8 Å². The van der Waals surface area contributed by atoms with Crippen molar-refractivity contribution in [3.05, 3.63) is 77.9 Å². The van der Waals surface area contributed by atoms with Gasteiger partial charge in [-0.2, -0.15) is 0 Å². The van der Waals surface area contributed by atoms with Gasteiger partial charge in [0.1, 0.15) is 0 Å². The van der Waals surface area contributed by atoms with Crippen LogP contribution in [0.4, 0.5) is 17.1 Å². The van der Waals surface area contributed by atoms with Crippen LogP contribution in [0.1, 0.15) is 52.7 Å². The molecule has 1 aliphatic heterocycles. The summed E-state index contributed by atoms with van der Waals surface area (Å²) in [6, 6.07) is 24.6. The van der Waals surface area contributed by atoms with E-state index in [0.29, 0.717) is 0 Å². The van der Waals surface area contributed by atoms with Crippen molar-refractivity contribution in [3.63, 3.8) is 0 Å². The summed E-state index contributed by atoms with van der Waals surface area (Å²) >= 11 is 1.86. The molecule has 28 heavy (non-hydrogen) atoms. The molecule has 4 rings (SSSR count). The normalized spacial score (nSPS) is 13.9. The average Bonchev–Trinajstić information content (AvgIpc) is 2.64. The number of rotatable bonds is 1. The van der Waals surface area contributed by atoms with Crippen LogP contribution in [0.5, 0.6) is 0 Å². The summed E-state index contributed by atoms with van der Waals surface area (Å²) in [6.07, 6.45) is 0. The van der Waals surface area contributed by atoms with Crippen molar-refractivity contribution in [1.29, 1.82) is 0 Å². The molecule has 0 spiro atoms. The summed E-state index contributed by atoms with van der Waals surface area (Å²) in [5.74, 6) is 0. The molecule has 0 bridgehead atoms. The monoisotopic (exact) mass is 387 g/mol. The highest BCUT2D eigenvalue weighted by Crippen LogP contribution is 2.51. The molecule has 0 radical (unpaired) electrons. The molecule has 3 aromatic carbocycles. The van der Waals surface area contributed by atoms with Crippen LogP contribution in [0.3, 0.4) is 0 Å². The predicted octanol–water partition coefficient (Wildman–Crippen LogP) is 8.22. The number of anilines is 3. The summed E-state index contributed by atoms with van der Waals surface area (Å²) < 4.78 is 0. The Hall–Kier alpha value is -2.19. The molecule has 144 valence electrons. The molecule has 1 nitrogen and oxygen atoms in total. The molecular weight excluding hydrogens is 358 g/mol. The van der Waals surface area contributed by atoms with Crippen LogP contribution in [0.25, 0.3) is 0 Å². The minimum absolute atomic E-state index is 0.0968. The lowest BCUT2D eigenvalue weighted by atomic mass is 9.80. The summed E-state index contributed by atoms with van der Waals surface area (Å²) in [4.78, 5) is 5.05. The van der Waals surface area contributed by atoms with E-state index in [2.05, 4.69) is 113 Å². The summed E-state index contributed by atoms with van der Waals surface area (Å²) in [6.45, 7) is 13.8. The van der Waals surface area contributed by atoms with Crippen LogP contribution in [0.15, 0.2) is 76.5 Å². The summed E-state index contributed by atoms with van der Waals surface area (Å²) in [5.41, 5.74) is 6.72. The molecule has 0 saturated heterocycles. The van der Waals surface area contributed by atoms with Crippen molar-refractivity contribution >= 4 is 28.8 Å². The third-order valence-corrected chi connectivity index (χ3v) is 6.47.